The minimum Gasteiger partial charge on any atom is -0.353 e. The first-order valence-corrected chi connectivity index (χ1v) is 9.75. The topological polar surface area (TPSA) is 32.3 Å². The van der Waals surface area contributed by atoms with Crippen LogP contribution in [0.3, 0.4) is 0 Å². The molecule has 130 valence electrons. The summed E-state index contributed by atoms with van der Waals surface area (Å²) < 4.78 is 0. The highest BCUT2D eigenvalue weighted by atomic mass is 16.2. The predicted molar refractivity (Wildman–Crippen MR) is 96.6 cm³/mol. The lowest BCUT2D eigenvalue weighted by atomic mass is 9.92. The van der Waals surface area contributed by atoms with Gasteiger partial charge in [-0.2, -0.15) is 0 Å². The maximum absolute atomic E-state index is 12.7. The van der Waals surface area contributed by atoms with Crippen LogP contribution in [-0.2, 0) is 11.3 Å². The monoisotopic (exact) mass is 326 g/mol. The number of hydrogen-bond acceptors (Lipinski definition) is 2. The number of benzene rings is 1. The fraction of sp³-hybridized carbons (Fsp3) is 0.667. The number of aryl methyl sites for hydroxylation is 1. The number of piperidine rings is 1. The summed E-state index contributed by atoms with van der Waals surface area (Å²) >= 11 is 0. The number of nitrogens with one attached hydrogen (secondary N) is 1. The summed E-state index contributed by atoms with van der Waals surface area (Å²) in [4.78, 5) is 15.2. The van der Waals surface area contributed by atoms with Crippen molar-refractivity contribution in [1.82, 2.24) is 10.2 Å². The van der Waals surface area contributed by atoms with Gasteiger partial charge in [-0.1, -0.05) is 36.2 Å². The van der Waals surface area contributed by atoms with Crippen molar-refractivity contribution < 1.29 is 4.79 Å². The standard InChI is InChI=1S/C21H30N2O/c1-15-4-6-16(7-5-15)13-23-10-2-3-19(14-23)21(24)22-20-12-17-8-9-18(20)11-17/h4-7,17-20H,2-3,8-14H2,1H3,(H,22,24). The number of rotatable bonds is 4. The van der Waals surface area contributed by atoms with Gasteiger partial charge in [0.1, 0.15) is 0 Å². The first-order chi connectivity index (χ1) is 11.7. The van der Waals surface area contributed by atoms with Crippen LogP contribution in [0, 0.1) is 24.7 Å². The smallest absolute Gasteiger partial charge is 0.224 e. The molecule has 24 heavy (non-hydrogen) atoms. The molecule has 0 radical (unpaired) electrons. The van der Waals surface area contributed by atoms with Crippen LogP contribution >= 0.6 is 0 Å². The molecule has 1 aliphatic heterocycles. The van der Waals surface area contributed by atoms with Crippen molar-refractivity contribution >= 4 is 5.91 Å². The first-order valence-electron chi connectivity index (χ1n) is 9.75. The molecule has 3 aliphatic rings. The van der Waals surface area contributed by atoms with Gasteiger partial charge in [-0.05, 0) is 63.0 Å². The van der Waals surface area contributed by atoms with E-state index in [0.717, 1.165) is 44.3 Å². The predicted octanol–water partition coefficient (Wildman–Crippen LogP) is 3.51. The lowest BCUT2D eigenvalue weighted by Gasteiger charge is -2.33. The Hall–Kier alpha value is -1.35. The molecule has 1 aromatic carbocycles. The molecule has 3 nitrogen and oxygen atoms in total. The lowest BCUT2D eigenvalue weighted by Crippen LogP contribution is -2.47. The lowest BCUT2D eigenvalue weighted by molar-refractivity contribution is -0.127. The highest BCUT2D eigenvalue weighted by molar-refractivity contribution is 5.79. The SMILES string of the molecule is Cc1ccc(CN2CCCC(C(=O)NC3CC4CCC3C4)C2)cc1. The molecule has 1 saturated heterocycles. The molecule has 0 aromatic heterocycles. The average Bonchev–Trinajstić information content (AvgIpc) is 3.20. The van der Waals surface area contributed by atoms with E-state index < -0.39 is 0 Å². The van der Waals surface area contributed by atoms with Crippen LogP contribution < -0.4 is 5.32 Å². The van der Waals surface area contributed by atoms with Crippen molar-refractivity contribution in [2.75, 3.05) is 13.1 Å². The number of hydrogen-bond donors (Lipinski definition) is 1. The van der Waals surface area contributed by atoms with E-state index in [1.54, 1.807) is 0 Å². The van der Waals surface area contributed by atoms with E-state index >= 15 is 0 Å². The Balaban J connectivity index is 1.31. The second kappa shape index (κ2) is 6.87. The normalized spacial score (nSPS) is 32.9. The number of nitrogens with zero attached hydrogens (tertiary/aromatic N) is 1. The number of fused-ring (bicyclic) bond motifs is 2. The van der Waals surface area contributed by atoms with Crippen LogP contribution in [0.25, 0.3) is 0 Å². The number of carbonyl (C=O) groups excluding carboxylic acids is 1. The van der Waals surface area contributed by atoms with Gasteiger partial charge in [-0.25, -0.2) is 0 Å². The highest BCUT2D eigenvalue weighted by Gasteiger charge is 2.41. The molecule has 3 fully saturated rings. The Morgan fingerprint density at radius 2 is 2.00 bits per heavy atom. The number of likely N-dealkylation sites (tertiary alicyclic amines) is 1. The van der Waals surface area contributed by atoms with Crippen molar-refractivity contribution in [3.8, 4) is 0 Å². The zero-order valence-corrected chi connectivity index (χ0v) is 14.8. The Morgan fingerprint density at radius 3 is 2.71 bits per heavy atom. The van der Waals surface area contributed by atoms with Gasteiger partial charge in [0, 0.05) is 19.1 Å². The van der Waals surface area contributed by atoms with Gasteiger partial charge in [-0.3, -0.25) is 9.69 Å². The third-order valence-electron chi connectivity index (χ3n) is 6.47. The molecular formula is C21H30N2O. The first kappa shape index (κ1) is 16.1. The van der Waals surface area contributed by atoms with Crippen LogP contribution in [0.4, 0.5) is 0 Å². The van der Waals surface area contributed by atoms with E-state index in [4.69, 9.17) is 0 Å². The minimum absolute atomic E-state index is 0.184. The highest BCUT2D eigenvalue weighted by Crippen LogP contribution is 2.44. The Bertz CT molecular complexity index is 582. The summed E-state index contributed by atoms with van der Waals surface area (Å²) in [5, 5.41) is 3.41. The van der Waals surface area contributed by atoms with Crippen molar-refractivity contribution in [2.45, 2.75) is 58.0 Å². The van der Waals surface area contributed by atoms with Gasteiger partial charge in [0.25, 0.3) is 0 Å². The number of amides is 1. The quantitative estimate of drug-likeness (QED) is 0.918. The molecule has 1 heterocycles. The fourth-order valence-corrected chi connectivity index (χ4v) is 5.09. The maximum atomic E-state index is 12.7. The van der Waals surface area contributed by atoms with E-state index in [-0.39, 0.29) is 5.92 Å². The molecule has 2 bridgehead atoms. The van der Waals surface area contributed by atoms with Crippen LogP contribution in [0.5, 0.6) is 0 Å². The van der Waals surface area contributed by atoms with Crippen LogP contribution in [0.2, 0.25) is 0 Å². The minimum atomic E-state index is 0.184. The molecule has 0 spiro atoms. The molecule has 2 saturated carbocycles. The van der Waals surface area contributed by atoms with Crippen LogP contribution in [0.15, 0.2) is 24.3 Å². The third kappa shape index (κ3) is 3.51. The zero-order chi connectivity index (χ0) is 16.5. The summed E-state index contributed by atoms with van der Waals surface area (Å²) in [5.41, 5.74) is 2.66. The van der Waals surface area contributed by atoms with Gasteiger partial charge >= 0.3 is 0 Å². The van der Waals surface area contributed by atoms with Crippen molar-refractivity contribution in [3.63, 3.8) is 0 Å². The van der Waals surface area contributed by atoms with Crippen molar-refractivity contribution in [1.29, 1.82) is 0 Å². The Labute approximate surface area is 145 Å². The van der Waals surface area contributed by atoms with Crippen molar-refractivity contribution in [3.05, 3.63) is 35.4 Å². The average molecular weight is 326 g/mol. The Morgan fingerprint density at radius 1 is 1.17 bits per heavy atom. The van der Waals surface area contributed by atoms with Gasteiger partial charge < -0.3 is 5.32 Å². The molecule has 1 aromatic rings. The maximum Gasteiger partial charge on any atom is 0.224 e. The zero-order valence-electron chi connectivity index (χ0n) is 14.8. The Kier molecular flexibility index (Phi) is 4.62. The largest absolute Gasteiger partial charge is 0.353 e. The summed E-state index contributed by atoms with van der Waals surface area (Å²) in [5.74, 6) is 2.17. The summed E-state index contributed by atoms with van der Waals surface area (Å²) in [7, 11) is 0. The molecule has 4 unspecified atom stereocenters. The second-order valence-corrected chi connectivity index (χ2v) is 8.35. The van der Waals surface area contributed by atoms with E-state index in [1.807, 2.05) is 0 Å². The van der Waals surface area contributed by atoms with Gasteiger partial charge in [0.05, 0.1) is 5.92 Å². The second-order valence-electron chi connectivity index (χ2n) is 8.35. The third-order valence-corrected chi connectivity index (χ3v) is 6.47. The van der Waals surface area contributed by atoms with E-state index in [1.165, 1.54) is 36.8 Å². The molecular weight excluding hydrogens is 296 g/mol. The van der Waals surface area contributed by atoms with Crippen LogP contribution in [-0.4, -0.2) is 29.9 Å². The van der Waals surface area contributed by atoms with Crippen LogP contribution in [0.1, 0.15) is 49.7 Å². The fourth-order valence-electron chi connectivity index (χ4n) is 5.09. The number of carbonyl (C=O) groups is 1. The van der Waals surface area contributed by atoms with E-state index in [2.05, 4.69) is 41.4 Å². The molecule has 4 atom stereocenters. The van der Waals surface area contributed by atoms with Gasteiger partial charge in [0.2, 0.25) is 5.91 Å². The summed E-state index contributed by atoms with van der Waals surface area (Å²) in [6.07, 6.45) is 7.51. The molecule has 1 amide bonds. The molecule has 4 rings (SSSR count). The summed E-state index contributed by atoms with van der Waals surface area (Å²) in [6.45, 7) is 5.13. The summed E-state index contributed by atoms with van der Waals surface area (Å²) in [6, 6.07) is 9.27. The van der Waals surface area contributed by atoms with Crippen molar-refractivity contribution in [2.24, 2.45) is 17.8 Å². The molecule has 2 aliphatic carbocycles. The van der Waals surface area contributed by atoms with E-state index in [0.29, 0.717) is 11.9 Å². The van der Waals surface area contributed by atoms with Gasteiger partial charge in [-0.15, -0.1) is 0 Å². The van der Waals surface area contributed by atoms with Gasteiger partial charge in [0.15, 0.2) is 0 Å². The molecule has 3 heteroatoms. The van der Waals surface area contributed by atoms with E-state index in [9.17, 15) is 4.79 Å². The molecule has 1 N–H and O–H groups in total.